The lowest BCUT2D eigenvalue weighted by Crippen LogP contribution is -2.33. The first-order valence-corrected chi connectivity index (χ1v) is 6.10. The van der Waals surface area contributed by atoms with Gasteiger partial charge in [-0.3, -0.25) is 0 Å². The molecule has 1 aromatic carbocycles. The lowest BCUT2D eigenvalue weighted by Gasteiger charge is -2.09. The van der Waals surface area contributed by atoms with Gasteiger partial charge in [0.25, 0.3) is 0 Å². The van der Waals surface area contributed by atoms with E-state index in [0.717, 1.165) is 10.9 Å². The first-order chi connectivity index (χ1) is 9.54. The van der Waals surface area contributed by atoms with Gasteiger partial charge in [0.1, 0.15) is 24.1 Å². The average molecular weight is 283 g/mol. The molecule has 1 aliphatic rings. The van der Waals surface area contributed by atoms with Crippen LogP contribution in [0.15, 0.2) is 30.5 Å². The first-order valence-electron chi connectivity index (χ1n) is 6.10. The number of aromatic nitrogens is 1. The highest BCUT2D eigenvalue weighted by Crippen LogP contribution is 2.22. The SMILES string of the molecule is OC[C@H]1OC(O)[C@H](O)[C@@H]1O.Oc1c[nH]c2ccccc12. The fraction of sp³-hybridized carbons (Fsp3) is 0.385. The van der Waals surface area contributed by atoms with Gasteiger partial charge < -0.3 is 35.3 Å². The number of hydrogen-bond acceptors (Lipinski definition) is 6. The van der Waals surface area contributed by atoms with Crippen molar-refractivity contribution in [2.75, 3.05) is 6.61 Å². The molecule has 1 fully saturated rings. The molecule has 20 heavy (non-hydrogen) atoms. The summed E-state index contributed by atoms with van der Waals surface area (Å²) in [5.74, 6) is 0.315. The third kappa shape index (κ3) is 2.92. The number of rotatable bonds is 1. The Kier molecular flexibility index (Phi) is 4.58. The van der Waals surface area contributed by atoms with Crippen LogP contribution >= 0.6 is 0 Å². The highest BCUT2D eigenvalue weighted by Gasteiger charge is 2.41. The van der Waals surface area contributed by atoms with Crippen molar-refractivity contribution >= 4 is 10.9 Å². The summed E-state index contributed by atoms with van der Waals surface area (Å²) in [7, 11) is 0. The van der Waals surface area contributed by atoms with Crippen LogP contribution in [-0.2, 0) is 4.74 Å². The summed E-state index contributed by atoms with van der Waals surface area (Å²) in [6, 6.07) is 7.63. The Morgan fingerprint density at radius 2 is 1.80 bits per heavy atom. The molecule has 7 heteroatoms. The van der Waals surface area contributed by atoms with E-state index >= 15 is 0 Å². The maximum atomic E-state index is 9.18. The van der Waals surface area contributed by atoms with Crippen LogP contribution in [0.2, 0.25) is 0 Å². The largest absolute Gasteiger partial charge is 0.506 e. The minimum absolute atomic E-state index is 0.315. The van der Waals surface area contributed by atoms with Crippen molar-refractivity contribution < 1.29 is 30.3 Å². The molecular weight excluding hydrogens is 266 g/mol. The average Bonchev–Trinajstić information content (AvgIpc) is 2.96. The minimum atomic E-state index is -1.38. The van der Waals surface area contributed by atoms with Crippen molar-refractivity contribution in [1.29, 1.82) is 0 Å². The van der Waals surface area contributed by atoms with Gasteiger partial charge in [-0.05, 0) is 12.1 Å². The second kappa shape index (κ2) is 6.21. The van der Waals surface area contributed by atoms with Crippen LogP contribution in [0.1, 0.15) is 0 Å². The van der Waals surface area contributed by atoms with E-state index in [1.165, 1.54) is 0 Å². The Balaban J connectivity index is 0.000000147. The Hall–Kier alpha value is -1.64. The van der Waals surface area contributed by atoms with E-state index in [9.17, 15) is 5.11 Å². The summed E-state index contributed by atoms with van der Waals surface area (Å²) < 4.78 is 4.54. The fourth-order valence-electron chi connectivity index (χ4n) is 1.94. The number of H-pyrrole nitrogens is 1. The predicted octanol–water partition coefficient (Wildman–Crippen LogP) is -0.709. The molecule has 1 aliphatic heterocycles. The van der Waals surface area contributed by atoms with Crippen LogP contribution < -0.4 is 0 Å². The summed E-state index contributed by atoms with van der Waals surface area (Å²) in [5, 5.41) is 45.0. The number of aromatic hydroxyl groups is 1. The van der Waals surface area contributed by atoms with E-state index in [2.05, 4.69) is 9.72 Å². The molecule has 110 valence electrons. The Morgan fingerprint density at radius 3 is 2.30 bits per heavy atom. The molecular formula is C13H17NO6. The number of aliphatic hydroxyl groups excluding tert-OH is 4. The molecule has 7 nitrogen and oxygen atoms in total. The number of para-hydroxylation sites is 1. The highest BCUT2D eigenvalue weighted by molar-refractivity contribution is 5.85. The maximum Gasteiger partial charge on any atom is 0.184 e. The summed E-state index contributed by atoms with van der Waals surface area (Å²) in [4.78, 5) is 2.94. The molecule has 0 radical (unpaired) electrons. The van der Waals surface area contributed by atoms with Gasteiger partial charge in [-0.1, -0.05) is 12.1 Å². The second-order valence-corrected chi connectivity index (χ2v) is 4.45. The van der Waals surface area contributed by atoms with Crippen LogP contribution in [0.3, 0.4) is 0 Å². The minimum Gasteiger partial charge on any atom is -0.506 e. The van der Waals surface area contributed by atoms with Crippen LogP contribution in [-0.4, -0.2) is 61.7 Å². The summed E-state index contributed by atoms with van der Waals surface area (Å²) >= 11 is 0. The molecule has 2 heterocycles. The number of ether oxygens (including phenoxy) is 1. The highest BCUT2D eigenvalue weighted by atomic mass is 16.6. The number of aromatic amines is 1. The monoisotopic (exact) mass is 283 g/mol. The molecule has 1 aromatic heterocycles. The molecule has 0 saturated carbocycles. The standard InChI is InChI=1S/C8H7NO.C5H10O5/c10-8-5-9-7-4-2-1-3-6(7)8;6-1-2-3(7)4(8)5(9)10-2/h1-5,9-10H;2-9H,1H2/t;2-,3-,4-,5?/m.1/s1. The van der Waals surface area contributed by atoms with Crippen LogP contribution in [0.5, 0.6) is 5.75 Å². The number of aliphatic hydroxyl groups is 4. The Labute approximate surface area is 114 Å². The van der Waals surface area contributed by atoms with Crippen molar-refractivity contribution in [2.45, 2.75) is 24.6 Å². The zero-order valence-corrected chi connectivity index (χ0v) is 10.5. The van der Waals surface area contributed by atoms with E-state index < -0.39 is 31.2 Å². The third-order valence-corrected chi connectivity index (χ3v) is 3.08. The number of benzene rings is 1. The van der Waals surface area contributed by atoms with Gasteiger partial charge in [0.2, 0.25) is 0 Å². The van der Waals surface area contributed by atoms with E-state index in [0.29, 0.717) is 5.75 Å². The number of nitrogens with one attached hydrogen (secondary N) is 1. The first kappa shape index (κ1) is 14.8. The Bertz CT molecular complexity index is 557. The van der Waals surface area contributed by atoms with Crippen molar-refractivity contribution in [1.82, 2.24) is 4.98 Å². The molecule has 6 N–H and O–H groups in total. The van der Waals surface area contributed by atoms with Gasteiger partial charge >= 0.3 is 0 Å². The van der Waals surface area contributed by atoms with Crippen molar-refractivity contribution in [3.63, 3.8) is 0 Å². The normalized spacial score (nSPS) is 29.2. The Morgan fingerprint density at radius 1 is 1.10 bits per heavy atom. The van der Waals surface area contributed by atoms with E-state index in [1.54, 1.807) is 6.20 Å². The summed E-state index contributed by atoms with van der Waals surface area (Å²) in [6.45, 7) is -0.407. The molecule has 0 bridgehead atoms. The second-order valence-electron chi connectivity index (χ2n) is 4.45. The smallest absolute Gasteiger partial charge is 0.184 e. The van der Waals surface area contributed by atoms with Gasteiger partial charge in [0.05, 0.1) is 6.61 Å². The fourth-order valence-corrected chi connectivity index (χ4v) is 1.94. The third-order valence-electron chi connectivity index (χ3n) is 3.08. The van der Waals surface area contributed by atoms with Crippen LogP contribution in [0, 0.1) is 0 Å². The topological polar surface area (TPSA) is 126 Å². The number of fused-ring (bicyclic) bond motifs is 1. The van der Waals surface area contributed by atoms with Crippen LogP contribution in [0.4, 0.5) is 0 Å². The van der Waals surface area contributed by atoms with Gasteiger partial charge in [-0.25, -0.2) is 0 Å². The molecule has 4 atom stereocenters. The zero-order valence-electron chi connectivity index (χ0n) is 10.5. The van der Waals surface area contributed by atoms with Gasteiger partial charge in [0, 0.05) is 17.1 Å². The number of hydrogen-bond donors (Lipinski definition) is 6. The molecule has 0 amide bonds. The van der Waals surface area contributed by atoms with E-state index in [-0.39, 0.29) is 0 Å². The lowest BCUT2D eigenvalue weighted by molar-refractivity contribution is -0.132. The van der Waals surface area contributed by atoms with E-state index in [4.69, 9.17) is 20.4 Å². The van der Waals surface area contributed by atoms with Crippen molar-refractivity contribution in [2.24, 2.45) is 0 Å². The molecule has 2 aromatic rings. The van der Waals surface area contributed by atoms with Crippen molar-refractivity contribution in [3.8, 4) is 5.75 Å². The molecule has 1 unspecified atom stereocenters. The zero-order chi connectivity index (χ0) is 14.7. The lowest BCUT2D eigenvalue weighted by atomic mass is 10.1. The van der Waals surface area contributed by atoms with Gasteiger partial charge in [0.15, 0.2) is 6.29 Å². The predicted molar refractivity (Wildman–Crippen MR) is 69.9 cm³/mol. The molecule has 3 rings (SSSR count). The van der Waals surface area contributed by atoms with Gasteiger partial charge in [-0.2, -0.15) is 0 Å². The van der Waals surface area contributed by atoms with E-state index in [1.807, 2.05) is 24.3 Å². The maximum absolute atomic E-state index is 9.18. The van der Waals surface area contributed by atoms with Crippen LogP contribution in [0.25, 0.3) is 10.9 Å². The molecule has 0 spiro atoms. The van der Waals surface area contributed by atoms with Crippen molar-refractivity contribution in [3.05, 3.63) is 30.5 Å². The van der Waals surface area contributed by atoms with Gasteiger partial charge in [-0.15, -0.1) is 0 Å². The molecule has 0 aliphatic carbocycles. The summed E-state index contributed by atoms with van der Waals surface area (Å²) in [6.07, 6.45) is -3.17. The summed E-state index contributed by atoms with van der Waals surface area (Å²) in [5.41, 5.74) is 0.972. The quantitative estimate of drug-likeness (QED) is 0.410. The molecule has 1 saturated heterocycles.